The molecule has 2 heterocycles. The summed E-state index contributed by atoms with van der Waals surface area (Å²) >= 11 is 0. The maximum atomic E-state index is 12.4. The van der Waals surface area contributed by atoms with E-state index >= 15 is 0 Å². The van der Waals surface area contributed by atoms with Gasteiger partial charge in [0.1, 0.15) is 29.6 Å². The van der Waals surface area contributed by atoms with Crippen LogP contribution in [0.2, 0.25) is 0 Å². The summed E-state index contributed by atoms with van der Waals surface area (Å²) in [5.41, 5.74) is 10.2. The molecule has 8 bridgehead atoms. The molecular weight excluding hydrogens is 759 g/mol. The number of fused-ring (bicyclic) bond motifs is 9. The summed E-state index contributed by atoms with van der Waals surface area (Å²) in [5.74, 6) is 2.26. The van der Waals surface area contributed by atoms with Gasteiger partial charge >= 0.3 is 0 Å². The molecule has 61 heavy (non-hydrogen) atoms. The SMILES string of the molecule is CC(C)(C)c1cc2c(O)c(c1)Cc1cc(C(C)(C)C)cc(c1O)Cc1cc(C(C)(C)C)cc(c1OC[C@@H]1CCN3CC[C@@H](CO)N=C3N1)Cc1cc(C(C)(C)C)cc(c1O)C2. The molecule has 0 aromatic heterocycles. The predicted molar refractivity (Wildman–Crippen MR) is 248 cm³/mol. The first-order chi connectivity index (χ1) is 28.4. The molecule has 0 spiro atoms. The first kappa shape index (κ1) is 44.4. The van der Waals surface area contributed by atoms with E-state index in [0.717, 1.165) is 104 Å². The minimum absolute atomic E-state index is 0.00132. The molecule has 1 fully saturated rings. The van der Waals surface area contributed by atoms with Gasteiger partial charge in [0.05, 0.1) is 18.7 Å². The molecular formula is C53H71N3O5. The van der Waals surface area contributed by atoms with Crippen LogP contribution < -0.4 is 10.1 Å². The first-order valence-corrected chi connectivity index (χ1v) is 22.4. The second-order valence-corrected chi connectivity index (χ2v) is 22.3. The molecule has 0 amide bonds. The van der Waals surface area contributed by atoms with Crippen LogP contribution in [0.25, 0.3) is 0 Å². The van der Waals surface area contributed by atoms with Gasteiger partial charge in [-0.3, -0.25) is 0 Å². The smallest absolute Gasteiger partial charge is 0.194 e. The number of benzene rings is 4. The molecule has 5 N–H and O–H groups in total. The summed E-state index contributed by atoms with van der Waals surface area (Å²) in [6, 6.07) is 17.1. The quantitative estimate of drug-likeness (QED) is 0.123. The zero-order chi connectivity index (χ0) is 44.4. The molecule has 8 nitrogen and oxygen atoms in total. The first-order valence-electron chi connectivity index (χ1n) is 22.4. The summed E-state index contributed by atoms with van der Waals surface area (Å²) in [7, 11) is 0. The van der Waals surface area contributed by atoms with Crippen LogP contribution in [-0.4, -0.2) is 69.7 Å². The number of nitrogens with zero attached hydrogens (tertiary/aromatic N) is 2. The number of ether oxygens (including phenoxy) is 1. The van der Waals surface area contributed by atoms with Gasteiger partial charge < -0.3 is 35.4 Å². The van der Waals surface area contributed by atoms with Gasteiger partial charge in [0.15, 0.2) is 5.96 Å². The van der Waals surface area contributed by atoms with Crippen molar-refractivity contribution in [2.45, 2.75) is 155 Å². The molecule has 2 aliphatic heterocycles. The van der Waals surface area contributed by atoms with Gasteiger partial charge in [-0.2, -0.15) is 0 Å². The molecule has 4 aromatic rings. The fourth-order valence-corrected chi connectivity index (χ4v) is 8.93. The van der Waals surface area contributed by atoms with Crippen LogP contribution >= 0.6 is 0 Å². The van der Waals surface area contributed by atoms with Crippen molar-refractivity contribution in [1.29, 1.82) is 0 Å². The average Bonchev–Trinajstić information content (AvgIpc) is 3.16. The Labute approximate surface area is 365 Å². The van der Waals surface area contributed by atoms with Gasteiger partial charge in [0, 0.05) is 38.8 Å². The molecule has 3 aliphatic rings. The second-order valence-electron chi connectivity index (χ2n) is 22.3. The van der Waals surface area contributed by atoms with Crippen LogP contribution in [-0.2, 0) is 47.3 Å². The molecule has 0 saturated carbocycles. The number of aromatic hydroxyl groups is 3. The van der Waals surface area contributed by atoms with Crippen LogP contribution in [0, 0.1) is 0 Å². The van der Waals surface area contributed by atoms with Gasteiger partial charge in [-0.25, -0.2) is 4.99 Å². The van der Waals surface area contributed by atoms with Crippen LogP contribution in [0.1, 0.15) is 163 Å². The predicted octanol–water partition coefficient (Wildman–Crippen LogP) is 9.83. The van der Waals surface area contributed by atoms with Crippen LogP contribution in [0.3, 0.4) is 0 Å². The van der Waals surface area contributed by atoms with Crippen molar-refractivity contribution in [2.75, 3.05) is 26.3 Å². The van der Waals surface area contributed by atoms with E-state index in [9.17, 15) is 20.4 Å². The van der Waals surface area contributed by atoms with Gasteiger partial charge in [-0.05, 0) is 101 Å². The normalized spacial score (nSPS) is 18.6. The van der Waals surface area contributed by atoms with Crippen molar-refractivity contribution < 1.29 is 25.2 Å². The largest absolute Gasteiger partial charge is 0.507 e. The zero-order valence-corrected chi connectivity index (χ0v) is 38.9. The molecule has 0 radical (unpaired) electrons. The average molecular weight is 830 g/mol. The highest BCUT2D eigenvalue weighted by molar-refractivity contribution is 5.81. The molecule has 328 valence electrons. The Morgan fingerprint density at radius 3 is 1.21 bits per heavy atom. The maximum absolute atomic E-state index is 12.4. The van der Waals surface area contributed by atoms with Gasteiger partial charge in [-0.1, -0.05) is 132 Å². The van der Waals surface area contributed by atoms with E-state index in [-0.39, 0.29) is 57.6 Å². The lowest BCUT2D eigenvalue weighted by atomic mass is 9.79. The highest BCUT2D eigenvalue weighted by Gasteiger charge is 2.31. The Bertz CT molecular complexity index is 2210. The third-order valence-electron chi connectivity index (χ3n) is 13.1. The lowest BCUT2D eigenvalue weighted by Gasteiger charge is -2.39. The third-order valence-corrected chi connectivity index (χ3v) is 13.1. The topological polar surface area (TPSA) is 118 Å². The van der Waals surface area contributed by atoms with Crippen molar-refractivity contribution in [3.05, 3.63) is 115 Å². The number of hydrogen-bond donors (Lipinski definition) is 5. The number of phenolic OH excluding ortho intramolecular Hbond substituents is 3. The molecule has 1 saturated heterocycles. The fraction of sp³-hybridized carbons (Fsp3) is 0.528. The number of aliphatic hydroxyl groups is 1. The highest BCUT2D eigenvalue weighted by Crippen LogP contribution is 2.43. The summed E-state index contributed by atoms with van der Waals surface area (Å²) in [5, 5.41) is 50.4. The van der Waals surface area contributed by atoms with E-state index in [1.54, 1.807) is 0 Å². The summed E-state index contributed by atoms with van der Waals surface area (Å²) < 4.78 is 7.09. The molecule has 8 heteroatoms. The number of rotatable bonds is 4. The highest BCUT2D eigenvalue weighted by atomic mass is 16.5. The second kappa shape index (κ2) is 16.2. The van der Waals surface area contributed by atoms with E-state index in [1.165, 1.54) is 0 Å². The molecule has 1 aliphatic carbocycles. The summed E-state index contributed by atoms with van der Waals surface area (Å²) in [6.07, 6.45) is 3.25. The number of hydrogen-bond acceptors (Lipinski definition) is 8. The van der Waals surface area contributed by atoms with E-state index < -0.39 is 0 Å². The molecule has 4 aromatic carbocycles. The van der Waals surface area contributed by atoms with E-state index in [4.69, 9.17) is 9.73 Å². The fourth-order valence-electron chi connectivity index (χ4n) is 8.93. The standard InChI is InChI=1S/C53H71N3O5/c1-50(2,3)39-21-31-17-33-23-40(51(4,5)6)25-35(46(33)59)19-37-27-42(53(10,11)12)28-38(48(37)61-30-44-14-16-56-15-13-43(29-57)54-49(56)55-44)20-36-26-41(52(7,8)9)24-34(47(36)60)18-32(22-39)45(31)58/h21-28,43-44,57-60H,13-20,29-30H2,1-12H3,(H,54,55)/t43-,44-/m0/s1. The van der Waals surface area contributed by atoms with Gasteiger partial charge in [-0.15, -0.1) is 0 Å². The Balaban J connectivity index is 1.46. The Kier molecular flexibility index (Phi) is 11.8. The van der Waals surface area contributed by atoms with Gasteiger partial charge in [0.2, 0.25) is 0 Å². The Morgan fingerprint density at radius 1 is 0.541 bits per heavy atom. The minimum atomic E-state index is -0.210. The molecule has 7 rings (SSSR count). The monoisotopic (exact) mass is 830 g/mol. The number of phenols is 3. The minimum Gasteiger partial charge on any atom is -0.507 e. The zero-order valence-electron chi connectivity index (χ0n) is 38.9. The molecule has 0 unspecified atom stereocenters. The van der Waals surface area contributed by atoms with Crippen molar-refractivity contribution in [1.82, 2.24) is 10.2 Å². The Morgan fingerprint density at radius 2 is 0.869 bits per heavy atom. The van der Waals surface area contributed by atoms with E-state index in [2.05, 4.69) is 142 Å². The summed E-state index contributed by atoms with van der Waals surface area (Å²) in [6.45, 7) is 28.6. The lowest BCUT2D eigenvalue weighted by Crippen LogP contribution is -2.57. The lowest BCUT2D eigenvalue weighted by molar-refractivity contribution is 0.204. The number of guanidine groups is 1. The van der Waals surface area contributed by atoms with E-state index in [1.807, 2.05) is 0 Å². The molecule has 2 atom stereocenters. The Hall–Kier alpha value is -4.69. The van der Waals surface area contributed by atoms with Crippen molar-refractivity contribution in [2.24, 2.45) is 4.99 Å². The van der Waals surface area contributed by atoms with E-state index in [0.29, 0.717) is 32.3 Å². The number of aliphatic imine (C=N–C) groups is 1. The van der Waals surface area contributed by atoms with Crippen LogP contribution in [0.5, 0.6) is 23.0 Å². The van der Waals surface area contributed by atoms with Crippen LogP contribution in [0.15, 0.2) is 53.5 Å². The van der Waals surface area contributed by atoms with Crippen LogP contribution in [0.4, 0.5) is 0 Å². The number of nitrogens with one attached hydrogen (secondary N) is 1. The van der Waals surface area contributed by atoms with Gasteiger partial charge in [0.25, 0.3) is 0 Å². The maximum Gasteiger partial charge on any atom is 0.194 e. The number of aliphatic hydroxyl groups excluding tert-OH is 1. The third kappa shape index (κ3) is 9.55. The summed E-state index contributed by atoms with van der Waals surface area (Å²) in [4.78, 5) is 7.08. The van der Waals surface area contributed by atoms with Crippen molar-refractivity contribution >= 4 is 5.96 Å². The van der Waals surface area contributed by atoms with Crippen molar-refractivity contribution in [3.63, 3.8) is 0 Å². The van der Waals surface area contributed by atoms with Crippen molar-refractivity contribution in [3.8, 4) is 23.0 Å².